The summed E-state index contributed by atoms with van der Waals surface area (Å²) in [5.74, 6) is -0.556. The summed E-state index contributed by atoms with van der Waals surface area (Å²) in [5.41, 5.74) is 2.14. The van der Waals surface area contributed by atoms with Crippen molar-refractivity contribution in [3.63, 3.8) is 0 Å². The van der Waals surface area contributed by atoms with Crippen molar-refractivity contribution in [3.05, 3.63) is 96.1 Å². The molecule has 1 heterocycles. The molecule has 2 atom stereocenters. The SMILES string of the molecule is O=S(=O)(N[C@H]1CCO[C@H](C(c2ccccc2)c2ccccc2)C1)c1ccc(OC(F)(F)F)cc1. The predicted molar refractivity (Wildman–Crippen MR) is 121 cm³/mol. The monoisotopic (exact) mass is 491 g/mol. The lowest BCUT2D eigenvalue weighted by Gasteiger charge is -2.35. The van der Waals surface area contributed by atoms with Gasteiger partial charge in [-0.05, 0) is 48.2 Å². The molecule has 180 valence electrons. The van der Waals surface area contributed by atoms with Crippen LogP contribution in [-0.2, 0) is 14.8 Å². The van der Waals surface area contributed by atoms with Crippen molar-refractivity contribution in [2.75, 3.05) is 6.61 Å². The van der Waals surface area contributed by atoms with E-state index in [1.807, 2.05) is 60.7 Å². The van der Waals surface area contributed by atoms with E-state index in [1.165, 1.54) is 0 Å². The number of rotatable bonds is 7. The van der Waals surface area contributed by atoms with Gasteiger partial charge in [0.2, 0.25) is 10.0 Å². The van der Waals surface area contributed by atoms with Gasteiger partial charge in [0, 0.05) is 18.6 Å². The van der Waals surface area contributed by atoms with Crippen LogP contribution in [0.15, 0.2) is 89.8 Å². The van der Waals surface area contributed by atoms with Crippen molar-refractivity contribution in [2.24, 2.45) is 0 Å². The smallest absolute Gasteiger partial charge is 0.406 e. The molecule has 3 aromatic rings. The highest BCUT2D eigenvalue weighted by Crippen LogP contribution is 2.34. The van der Waals surface area contributed by atoms with Crippen molar-refractivity contribution >= 4 is 10.0 Å². The largest absolute Gasteiger partial charge is 0.573 e. The molecule has 1 N–H and O–H groups in total. The number of alkyl halides is 3. The summed E-state index contributed by atoms with van der Waals surface area (Å²) >= 11 is 0. The van der Waals surface area contributed by atoms with Crippen LogP contribution in [-0.4, -0.2) is 33.5 Å². The van der Waals surface area contributed by atoms with Crippen LogP contribution in [0.5, 0.6) is 5.75 Å². The van der Waals surface area contributed by atoms with E-state index in [2.05, 4.69) is 9.46 Å². The van der Waals surface area contributed by atoms with Gasteiger partial charge < -0.3 is 9.47 Å². The number of hydrogen-bond acceptors (Lipinski definition) is 4. The molecule has 1 saturated heterocycles. The quantitative estimate of drug-likeness (QED) is 0.491. The minimum absolute atomic E-state index is 0.0755. The average molecular weight is 492 g/mol. The standard InChI is InChI=1S/C25H24F3NO4S/c26-25(27,28)33-21-11-13-22(14-12-21)34(30,31)29-20-15-16-32-23(17-20)24(18-7-3-1-4-8-18)19-9-5-2-6-10-19/h1-14,20,23-24,29H,15-17H2/t20-,23-/m0/s1. The molecule has 4 rings (SSSR count). The van der Waals surface area contributed by atoms with Gasteiger partial charge in [0.15, 0.2) is 0 Å². The number of hydrogen-bond donors (Lipinski definition) is 1. The van der Waals surface area contributed by atoms with Crippen LogP contribution in [0.1, 0.15) is 29.9 Å². The van der Waals surface area contributed by atoms with Gasteiger partial charge in [-0.2, -0.15) is 0 Å². The molecule has 0 amide bonds. The Morgan fingerprint density at radius 3 is 1.97 bits per heavy atom. The summed E-state index contributed by atoms with van der Waals surface area (Å²) in [6, 6.07) is 23.6. The third-order valence-electron chi connectivity index (χ3n) is 5.69. The highest BCUT2D eigenvalue weighted by atomic mass is 32.2. The first-order valence-electron chi connectivity index (χ1n) is 10.8. The fourth-order valence-corrected chi connectivity index (χ4v) is 5.50. The van der Waals surface area contributed by atoms with E-state index in [0.717, 1.165) is 35.4 Å². The molecular formula is C25H24F3NO4S. The van der Waals surface area contributed by atoms with Gasteiger partial charge >= 0.3 is 6.36 Å². The molecule has 0 unspecified atom stereocenters. The molecule has 9 heteroatoms. The molecule has 0 spiro atoms. The maximum atomic E-state index is 12.9. The molecule has 0 aromatic heterocycles. The zero-order valence-corrected chi connectivity index (χ0v) is 18.9. The fraction of sp³-hybridized carbons (Fsp3) is 0.280. The zero-order chi connectivity index (χ0) is 24.2. The zero-order valence-electron chi connectivity index (χ0n) is 18.1. The minimum Gasteiger partial charge on any atom is -0.406 e. The average Bonchev–Trinajstić information content (AvgIpc) is 2.80. The molecule has 0 radical (unpaired) electrons. The molecular weight excluding hydrogens is 467 g/mol. The van der Waals surface area contributed by atoms with Crippen LogP contribution in [0, 0.1) is 0 Å². The van der Waals surface area contributed by atoms with Gasteiger partial charge in [0.25, 0.3) is 0 Å². The van der Waals surface area contributed by atoms with Crippen molar-refractivity contribution in [2.45, 2.75) is 42.2 Å². The fourth-order valence-electron chi connectivity index (χ4n) is 4.22. The van der Waals surface area contributed by atoms with Crippen molar-refractivity contribution in [1.29, 1.82) is 0 Å². The van der Waals surface area contributed by atoms with Crippen LogP contribution in [0.4, 0.5) is 13.2 Å². The second kappa shape index (κ2) is 10.2. The Labute approximate surface area is 196 Å². The van der Waals surface area contributed by atoms with Crippen molar-refractivity contribution in [3.8, 4) is 5.75 Å². The van der Waals surface area contributed by atoms with E-state index in [-0.39, 0.29) is 23.0 Å². The second-order valence-corrected chi connectivity index (χ2v) is 9.78. The van der Waals surface area contributed by atoms with Crippen LogP contribution >= 0.6 is 0 Å². The molecule has 5 nitrogen and oxygen atoms in total. The van der Waals surface area contributed by atoms with Crippen LogP contribution < -0.4 is 9.46 Å². The van der Waals surface area contributed by atoms with E-state index in [0.29, 0.717) is 19.4 Å². The summed E-state index contributed by atoms with van der Waals surface area (Å²) in [5, 5.41) is 0. The minimum atomic E-state index is -4.84. The number of ether oxygens (including phenoxy) is 2. The lowest BCUT2D eigenvalue weighted by Crippen LogP contribution is -2.43. The van der Waals surface area contributed by atoms with E-state index >= 15 is 0 Å². The van der Waals surface area contributed by atoms with E-state index in [9.17, 15) is 21.6 Å². The Morgan fingerprint density at radius 2 is 1.44 bits per heavy atom. The number of sulfonamides is 1. The van der Waals surface area contributed by atoms with Gasteiger partial charge in [0.1, 0.15) is 5.75 Å². The lowest BCUT2D eigenvalue weighted by molar-refractivity contribution is -0.274. The first-order chi connectivity index (χ1) is 16.2. The highest BCUT2D eigenvalue weighted by Gasteiger charge is 2.34. The molecule has 3 aromatic carbocycles. The number of halogens is 3. The maximum Gasteiger partial charge on any atom is 0.573 e. The molecule has 0 bridgehead atoms. The van der Waals surface area contributed by atoms with E-state index in [1.54, 1.807) is 0 Å². The summed E-state index contributed by atoms with van der Waals surface area (Å²) < 4.78 is 75.5. The summed E-state index contributed by atoms with van der Waals surface area (Å²) in [6.45, 7) is 0.381. The predicted octanol–water partition coefficient (Wildman–Crippen LogP) is 5.24. The first-order valence-corrected chi connectivity index (χ1v) is 12.3. The Balaban J connectivity index is 1.50. The normalized spacial score (nSPS) is 19.2. The van der Waals surface area contributed by atoms with Crippen LogP contribution in [0.2, 0.25) is 0 Å². The summed E-state index contributed by atoms with van der Waals surface area (Å²) in [6.07, 6.45) is -4.16. The van der Waals surface area contributed by atoms with E-state index < -0.39 is 22.1 Å². The van der Waals surface area contributed by atoms with Gasteiger partial charge in [-0.25, -0.2) is 13.1 Å². The topological polar surface area (TPSA) is 64.6 Å². The molecule has 0 saturated carbocycles. The third-order valence-corrected chi connectivity index (χ3v) is 7.23. The van der Waals surface area contributed by atoms with Gasteiger partial charge in [0.05, 0.1) is 11.0 Å². The molecule has 1 fully saturated rings. The molecule has 1 aliphatic heterocycles. The van der Waals surface area contributed by atoms with Crippen LogP contribution in [0.25, 0.3) is 0 Å². The molecule has 1 aliphatic rings. The number of nitrogens with one attached hydrogen (secondary N) is 1. The Hall–Kier alpha value is -2.88. The molecule has 34 heavy (non-hydrogen) atoms. The highest BCUT2D eigenvalue weighted by molar-refractivity contribution is 7.89. The van der Waals surface area contributed by atoms with E-state index in [4.69, 9.17) is 4.74 Å². The Morgan fingerprint density at radius 1 is 0.882 bits per heavy atom. The van der Waals surface area contributed by atoms with Gasteiger partial charge in [-0.3, -0.25) is 0 Å². The maximum absolute atomic E-state index is 12.9. The first kappa shape index (κ1) is 24.3. The van der Waals surface area contributed by atoms with Crippen LogP contribution in [0.3, 0.4) is 0 Å². The lowest BCUT2D eigenvalue weighted by atomic mass is 9.83. The van der Waals surface area contributed by atoms with Gasteiger partial charge in [-0.15, -0.1) is 13.2 Å². The molecule has 0 aliphatic carbocycles. The summed E-state index contributed by atoms with van der Waals surface area (Å²) in [4.78, 5) is -0.132. The second-order valence-electron chi connectivity index (χ2n) is 8.07. The number of benzene rings is 3. The van der Waals surface area contributed by atoms with Crippen molar-refractivity contribution in [1.82, 2.24) is 4.72 Å². The summed E-state index contributed by atoms with van der Waals surface area (Å²) in [7, 11) is -3.94. The van der Waals surface area contributed by atoms with Gasteiger partial charge in [-0.1, -0.05) is 60.7 Å². The third kappa shape index (κ3) is 6.16. The Kier molecular flexibility index (Phi) is 7.25. The Bertz CT molecular complexity index is 1130. The van der Waals surface area contributed by atoms with Crippen molar-refractivity contribution < 1.29 is 31.1 Å².